The van der Waals surface area contributed by atoms with E-state index in [-0.39, 0.29) is 35.9 Å². The van der Waals surface area contributed by atoms with Crippen molar-refractivity contribution in [3.8, 4) is 11.3 Å². The van der Waals surface area contributed by atoms with E-state index in [1.165, 1.54) is 19.0 Å². The monoisotopic (exact) mass is 557 g/mol. The van der Waals surface area contributed by atoms with Crippen molar-refractivity contribution in [2.45, 2.75) is 37.0 Å². The van der Waals surface area contributed by atoms with Gasteiger partial charge in [0.2, 0.25) is 10.0 Å². The van der Waals surface area contributed by atoms with Crippen LogP contribution in [-0.4, -0.2) is 71.2 Å². The molecule has 2 saturated heterocycles. The van der Waals surface area contributed by atoms with E-state index in [9.17, 15) is 17.6 Å². The van der Waals surface area contributed by atoms with Crippen molar-refractivity contribution in [1.82, 2.24) is 24.2 Å². The molecule has 0 aliphatic carbocycles. The van der Waals surface area contributed by atoms with Gasteiger partial charge < -0.3 is 16.0 Å². The van der Waals surface area contributed by atoms with Crippen molar-refractivity contribution in [2.75, 3.05) is 43.8 Å². The molecule has 2 aromatic heterocycles. The van der Waals surface area contributed by atoms with E-state index in [2.05, 4.69) is 25.2 Å². The number of likely N-dealkylation sites (tertiary alicyclic amines) is 1. The van der Waals surface area contributed by atoms with Crippen LogP contribution in [0.15, 0.2) is 41.7 Å². The number of nitrogen functional groups attached to an aromatic ring is 1. The molecule has 1 aromatic carbocycles. The van der Waals surface area contributed by atoms with Crippen molar-refractivity contribution >= 4 is 27.4 Å². The van der Waals surface area contributed by atoms with Crippen LogP contribution >= 0.6 is 0 Å². The number of hydrogen-bond donors (Lipinski definition) is 2. The van der Waals surface area contributed by atoms with Gasteiger partial charge in [-0.25, -0.2) is 27.2 Å². The van der Waals surface area contributed by atoms with Crippen LogP contribution in [-0.2, 0) is 16.4 Å². The fourth-order valence-electron chi connectivity index (χ4n) is 4.91. The van der Waals surface area contributed by atoms with E-state index in [1.54, 1.807) is 6.20 Å². The van der Waals surface area contributed by atoms with Crippen LogP contribution in [0.4, 0.5) is 20.3 Å². The zero-order valence-corrected chi connectivity index (χ0v) is 22.1. The van der Waals surface area contributed by atoms with Crippen molar-refractivity contribution in [3.63, 3.8) is 0 Å². The summed E-state index contributed by atoms with van der Waals surface area (Å²) in [5.74, 6) is -3.03. The largest absolute Gasteiger partial charge is 0.382 e. The van der Waals surface area contributed by atoms with Gasteiger partial charge in [-0.05, 0) is 69.0 Å². The molecule has 0 atom stereocenters. The molecular formula is C26H29F2N7O3S. The number of nitrogens with two attached hydrogens (primary N) is 1. The normalized spacial score (nSPS) is 16.6. The molecule has 0 bridgehead atoms. The number of benzene rings is 1. The number of anilines is 2. The Labute approximate surface area is 225 Å². The molecule has 2 fully saturated rings. The van der Waals surface area contributed by atoms with Crippen LogP contribution in [0, 0.1) is 11.6 Å². The highest BCUT2D eigenvalue weighted by Gasteiger charge is 2.31. The van der Waals surface area contributed by atoms with Gasteiger partial charge in [0.15, 0.2) is 11.5 Å². The second-order valence-corrected chi connectivity index (χ2v) is 11.6. The average molecular weight is 558 g/mol. The first-order valence-corrected chi connectivity index (χ1v) is 14.3. The zero-order valence-electron chi connectivity index (χ0n) is 21.2. The van der Waals surface area contributed by atoms with E-state index in [4.69, 9.17) is 5.73 Å². The summed E-state index contributed by atoms with van der Waals surface area (Å²) >= 11 is 0. The summed E-state index contributed by atoms with van der Waals surface area (Å²) in [6.45, 7) is 3.45. The number of hydrogen-bond acceptors (Lipinski definition) is 8. The maximum Gasteiger partial charge on any atom is 0.278 e. The molecule has 0 radical (unpaired) electrons. The Morgan fingerprint density at radius 1 is 1.03 bits per heavy atom. The van der Waals surface area contributed by atoms with Gasteiger partial charge in [-0.15, -0.1) is 0 Å². The van der Waals surface area contributed by atoms with Gasteiger partial charge in [-0.3, -0.25) is 9.78 Å². The number of pyridine rings is 1. The van der Waals surface area contributed by atoms with Crippen LogP contribution in [0.25, 0.3) is 11.3 Å². The fraction of sp³-hybridized carbons (Fsp3) is 0.385. The number of rotatable bonds is 8. The minimum absolute atomic E-state index is 0.170. The van der Waals surface area contributed by atoms with Gasteiger partial charge in [0.05, 0.1) is 23.8 Å². The van der Waals surface area contributed by atoms with Gasteiger partial charge in [0.25, 0.3) is 5.91 Å². The Balaban J connectivity index is 1.39. The summed E-state index contributed by atoms with van der Waals surface area (Å²) in [7, 11) is -4.18. The summed E-state index contributed by atoms with van der Waals surface area (Å²) < 4.78 is 56.8. The molecule has 5 rings (SSSR count). The summed E-state index contributed by atoms with van der Waals surface area (Å²) in [5, 5.41) is 2.75. The first-order chi connectivity index (χ1) is 18.7. The van der Waals surface area contributed by atoms with E-state index >= 15 is 4.39 Å². The molecule has 0 unspecified atom stereocenters. The number of aromatic nitrogens is 3. The van der Waals surface area contributed by atoms with Crippen LogP contribution in [0.1, 0.15) is 41.7 Å². The minimum Gasteiger partial charge on any atom is -0.382 e. The summed E-state index contributed by atoms with van der Waals surface area (Å²) in [5.41, 5.74) is 6.49. The van der Waals surface area contributed by atoms with Crippen LogP contribution < -0.4 is 11.1 Å². The summed E-state index contributed by atoms with van der Waals surface area (Å²) in [4.78, 5) is 26.9. The smallest absolute Gasteiger partial charge is 0.278 e. The first kappa shape index (κ1) is 27.0. The summed E-state index contributed by atoms with van der Waals surface area (Å²) in [6.07, 6.45) is 8.65. The summed E-state index contributed by atoms with van der Waals surface area (Å²) in [6, 6.07) is 3.21. The third-order valence-corrected chi connectivity index (χ3v) is 8.97. The molecule has 39 heavy (non-hydrogen) atoms. The third kappa shape index (κ3) is 5.75. The molecule has 4 heterocycles. The highest BCUT2D eigenvalue weighted by molar-refractivity contribution is 7.89. The van der Waals surface area contributed by atoms with E-state index in [0.29, 0.717) is 31.0 Å². The van der Waals surface area contributed by atoms with Gasteiger partial charge in [0.1, 0.15) is 16.5 Å². The quantitative estimate of drug-likeness (QED) is 0.432. The Morgan fingerprint density at radius 2 is 1.74 bits per heavy atom. The predicted octanol–water partition coefficient (Wildman–Crippen LogP) is 3.07. The number of nitrogens with zero attached hydrogens (tertiary/aromatic N) is 5. The van der Waals surface area contributed by atoms with Gasteiger partial charge >= 0.3 is 0 Å². The van der Waals surface area contributed by atoms with Crippen LogP contribution in [0.2, 0.25) is 0 Å². The molecule has 13 heteroatoms. The second-order valence-electron chi connectivity index (χ2n) is 9.65. The molecule has 3 N–H and O–H groups in total. The Kier molecular flexibility index (Phi) is 7.82. The molecule has 3 aromatic rings. The predicted molar refractivity (Wildman–Crippen MR) is 141 cm³/mol. The number of carbonyl (C=O) groups is 1. The molecular weight excluding hydrogens is 528 g/mol. The lowest BCUT2D eigenvalue weighted by Gasteiger charge is -2.17. The molecule has 2 aliphatic rings. The number of sulfonamides is 1. The van der Waals surface area contributed by atoms with Crippen molar-refractivity contribution in [1.29, 1.82) is 0 Å². The van der Waals surface area contributed by atoms with E-state index in [0.717, 1.165) is 41.8 Å². The van der Waals surface area contributed by atoms with Crippen molar-refractivity contribution in [2.24, 2.45) is 0 Å². The van der Waals surface area contributed by atoms with Gasteiger partial charge in [-0.1, -0.05) is 0 Å². The van der Waals surface area contributed by atoms with Gasteiger partial charge in [0, 0.05) is 31.4 Å². The Bertz CT molecular complexity index is 1490. The van der Waals surface area contributed by atoms with Crippen molar-refractivity contribution < 1.29 is 22.0 Å². The SMILES string of the molecule is Nc1ncc(-c2cc(F)c(S(=O)(=O)N3CCCC3)cc2F)nc1C(=O)Nc1cnccc1CCN1CCCC1. The first-order valence-electron chi connectivity index (χ1n) is 12.8. The standard InChI is InChI=1S/C26H29F2N7O3S/c27-19-14-23(39(37,38)35-10-3-4-11-35)20(28)13-18(19)22-16-31-25(29)24(32-22)26(36)33-21-15-30-7-5-17(21)6-12-34-8-1-2-9-34/h5,7,13-16H,1-4,6,8-12H2,(H2,29,31)(H,33,36). The molecule has 10 nitrogen and oxygen atoms in total. The topological polar surface area (TPSA) is 134 Å². The van der Waals surface area contributed by atoms with E-state index in [1.807, 2.05) is 6.07 Å². The Morgan fingerprint density at radius 3 is 2.49 bits per heavy atom. The molecule has 206 valence electrons. The number of amides is 1. The van der Waals surface area contributed by atoms with Crippen LogP contribution in [0.5, 0.6) is 0 Å². The number of nitrogens with one attached hydrogen (secondary N) is 1. The lowest BCUT2D eigenvalue weighted by atomic mass is 10.1. The molecule has 0 saturated carbocycles. The number of carbonyl (C=O) groups excluding carboxylic acids is 1. The lowest BCUT2D eigenvalue weighted by molar-refractivity contribution is 0.102. The fourth-order valence-corrected chi connectivity index (χ4v) is 6.48. The minimum atomic E-state index is -4.18. The lowest BCUT2D eigenvalue weighted by Crippen LogP contribution is -2.28. The van der Waals surface area contributed by atoms with Crippen molar-refractivity contribution in [3.05, 3.63) is 59.7 Å². The second kappa shape index (κ2) is 11.3. The van der Waals surface area contributed by atoms with E-state index < -0.39 is 32.5 Å². The van der Waals surface area contributed by atoms with Crippen LogP contribution in [0.3, 0.4) is 0 Å². The van der Waals surface area contributed by atoms with Gasteiger partial charge in [-0.2, -0.15) is 4.31 Å². The average Bonchev–Trinajstić information content (AvgIpc) is 3.65. The molecule has 2 aliphatic heterocycles. The maximum atomic E-state index is 15.1. The highest BCUT2D eigenvalue weighted by Crippen LogP contribution is 2.30. The third-order valence-electron chi connectivity index (χ3n) is 7.05. The maximum absolute atomic E-state index is 15.1. The molecule has 1 amide bonds. The zero-order chi connectivity index (χ0) is 27.6. The molecule has 0 spiro atoms. The highest BCUT2D eigenvalue weighted by atomic mass is 32.2. The number of halogens is 2. The Hall–Kier alpha value is -3.55.